The van der Waals surface area contributed by atoms with Crippen molar-refractivity contribution in [2.75, 3.05) is 7.05 Å². The zero-order chi connectivity index (χ0) is 11.3. The van der Waals surface area contributed by atoms with Crippen LogP contribution in [0, 0.1) is 5.92 Å². The van der Waals surface area contributed by atoms with Crippen molar-refractivity contribution in [2.45, 2.75) is 34.1 Å². The van der Waals surface area contributed by atoms with Crippen molar-refractivity contribution in [3.63, 3.8) is 0 Å². The van der Waals surface area contributed by atoms with Crippen molar-refractivity contribution < 1.29 is 9.59 Å². The third-order valence-corrected chi connectivity index (χ3v) is 2.33. The first-order valence-corrected chi connectivity index (χ1v) is 4.86. The van der Waals surface area contributed by atoms with Gasteiger partial charge >= 0.3 is 0 Å². The molecule has 0 radical (unpaired) electrons. The SMILES string of the molecule is CCC(C)C(=O)/C(C)=C\N(C)C(C)=O. The molecule has 0 fully saturated rings. The van der Waals surface area contributed by atoms with E-state index in [2.05, 4.69) is 0 Å². The molecule has 0 spiro atoms. The lowest BCUT2D eigenvalue weighted by Crippen LogP contribution is -2.20. The number of ketones is 1. The molecular formula is C11H19NO2. The van der Waals surface area contributed by atoms with E-state index in [9.17, 15) is 9.59 Å². The predicted molar refractivity (Wildman–Crippen MR) is 56.7 cm³/mol. The van der Waals surface area contributed by atoms with Gasteiger partial charge in [-0.25, -0.2) is 0 Å². The molecule has 3 heteroatoms. The van der Waals surface area contributed by atoms with E-state index in [-0.39, 0.29) is 17.6 Å². The summed E-state index contributed by atoms with van der Waals surface area (Å²) in [7, 11) is 1.65. The van der Waals surface area contributed by atoms with Gasteiger partial charge in [-0.1, -0.05) is 13.8 Å². The summed E-state index contributed by atoms with van der Waals surface area (Å²) in [5, 5.41) is 0. The topological polar surface area (TPSA) is 37.4 Å². The highest BCUT2D eigenvalue weighted by Crippen LogP contribution is 2.10. The normalized spacial score (nSPS) is 13.6. The Hall–Kier alpha value is -1.12. The zero-order valence-corrected chi connectivity index (χ0v) is 9.63. The van der Waals surface area contributed by atoms with Crippen molar-refractivity contribution in [2.24, 2.45) is 5.92 Å². The Morgan fingerprint density at radius 1 is 1.36 bits per heavy atom. The molecular weight excluding hydrogens is 178 g/mol. The van der Waals surface area contributed by atoms with Crippen molar-refractivity contribution in [1.29, 1.82) is 0 Å². The molecule has 80 valence electrons. The number of carbonyl (C=O) groups excluding carboxylic acids is 2. The van der Waals surface area contributed by atoms with Crippen LogP contribution in [0.25, 0.3) is 0 Å². The van der Waals surface area contributed by atoms with Crippen LogP contribution >= 0.6 is 0 Å². The molecule has 0 aliphatic heterocycles. The Morgan fingerprint density at radius 2 is 1.86 bits per heavy atom. The van der Waals surface area contributed by atoms with Gasteiger partial charge in [-0.15, -0.1) is 0 Å². The van der Waals surface area contributed by atoms with Crippen LogP contribution in [0.1, 0.15) is 34.1 Å². The number of rotatable bonds is 4. The second-order valence-corrected chi connectivity index (χ2v) is 3.62. The minimum Gasteiger partial charge on any atom is -0.322 e. The summed E-state index contributed by atoms with van der Waals surface area (Å²) in [6.07, 6.45) is 2.42. The molecule has 0 aliphatic carbocycles. The average molecular weight is 197 g/mol. The molecule has 0 aliphatic rings. The number of hydrogen-bond acceptors (Lipinski definition) is 2. The third-order valence-electron chi connectivity index (χ3n) is 2.33. The summed E-state index contributed by atoms with van der Waals surface area (Å²) in [6.45, 7) is 7.09. The Bertz CT molecular complexity index is 256. The van der Waals surface area contributed by atoms with E-state index in [1.165, 1.54) is 11.8 Å². The Balaban J connectivity index is 4.53. The van der Waals surface area contributed by atoms with Crippen molar-refractivity contribution in [1.82, 2.24) is 4.90 Å². The monoisotopic (exact) mass is 197 g/mol. The van der Waals surface area contributed by atoms with Crippen LogP contribution in [0.5, 0.6) is 0 Å². The van der Waals surface area contributed by atoms with Gasteiger partial charge in [0.25, 0.3) is 0 Å². The number of nitrogens with zero attached hydrogens (tertiary/aromatic N) is 1. The molecule has 1 amide bonds. The van der Waals surface area contributed by atoms with Crippen molar-refractivity contribution >= 4 is 11.7 Å². The first-order valence-electron chi connectivity index (χ1n) is 4.86. The van der Waals surface area contributed by atoms with Crippen LogP contribution in [-0.2, 0) is 9.59 Å². The lowest BCUT2D eigenvalue weighted by Gasteiger charge is -2.12. The van der Waals surface area contributed by atoms with E-state index in [0.717, 1.165) is 6.42 Å². The number of amides is 1. The van der Waals surface area contributed by atoms with Gasteiger partial charge in [0.15, 0.2) is 5.78 Å². The maximum absolute atomic E-state index is 11.6. The Morgan fingerprint density at radius 3 is 2.21 bits per heavy atom. The summed E-state index contributed by atoms with van der Waals surface area (Å²) in [5.41, 5.74) is 0.636. The van der Waals surface area contributed by atoms with E-state index in [1.807, 2.05) is 13.8 Å². The summed E-state index contributed by atoms with van der Waals surface area (Å²) < 4.78 is 0. The number of Topliss-reactive ketones (excluding diaryl/α,β-unsaturated/α-hetero) is 1. The molecule has 0 aromatic carbocycles. The van der Waals surface area contributed by atoms with Crippen molar-refractivity contribution in [3.8, 4) is 0 Å². The van der Waals surface area contributed by atoms with E-state index < -0.39 is 0 Å². The van der Waals surface area contributed by atoms with E-state index in [1.54, 1.807) is 20.2 Å². The maximum Gasteiger partial charge on any atom is 0.223 e. The quantitative estimate of drug-likeness (QED) is 0.646. The van der Waals surface area contributed by atoms with Gasteiger partial charge in [0, 0.05) is 31.7 Å². The Labute approximate surface area is 85.8 Å². The minimum absolute atomic E-state index is 0.0339. The van der Waals surface area contributed by atoms with E-state index >= 15 is 0 Å². The van der Waals surface area contributed by atoms with Gasteiger partial charge in [0.1, 0.15) is 0 Å². The first kappa shape index (κ1) is 12.9. The maximum atomic E-state index is 11.6. The van der Waals surface area contributed by atoms with Gasteiger partial charge in [-0.05, 0) is 13.3 Å². The lowest BCUT2D eigenvalue weighted by molar-refractivity contribution is -0.125. The van der Waals surface area contributed by atoms with Gasteiger partial charge < -0.3 is 4.90 Å². The molecule has 0 aromatic rings. The summed E-state index contributed by atoms with van der Waals surface area (Å²) in [4.78, 5) is 24.0. The predicted octanol–water partition coefficient (Wildman–Crippen LogP) is 1.98. The molecule has 0 saturated carbocycles. The third kappa shape index (κ3) is 3.73. The highest BCUT2D eigenvalue weighted by molar-refractivity contribution is 5.96. The average Bonchev–Trinajstić information content (AvgIpc) is 2.14. The van der Waals surface area contributed by atoms with E-state index in [0.29, 0.717) is 5.57 Å². The standard InChI is InChI=1S/C11H19NO2/c1-6-8(2)11(14)9(3)7-12(5)10(4)13/h7-8H,6H2,1-5H3/b9-7-. The van der Waals surface area contributed by atoms with Gasteiger partial charge in [0.2, 0.25) is 5.91 Å². The second kappa shape index (κ2) is 5.58. The molecule has 1 unspecified atom stereocenters. The fourth-order valence-corrected chi connectivity index (χ4v) is 1.02. The minimum atomic E-state index is -0.0682. The fourth-order valence-electron chi connectivity index (χ4n) is 1.02. The molecule has 14 heavy (non-hydrogen) atoms. The van der Waals surface area contributed by atoms with E-state index in [4.69, 9.17) is 0 Å². The van der Waals surface area contributed by atoms with Crippen LogP contribution in [0.3, 0.4) is 0 Å². The molecule has 3 nitrogen and oxygen atoms in total. The molecule has 0 saturated heterocycles. The molecule has 1 atom stereocenters. The van der Waals surface area contributed by atoms with Crippen LogP contribution < -0.4 is 0 Å². The highest BCUT2D eigenvalue weighted by Gasteiger charge is 2.13. The molecule has 0 N–H and O–H groups in total. The first-order chi connectivity index (χ1) is 6.40. The Kier molecular flexibility index (Phi) is 5.13. The highest BCUT2D eigenvalue weighted by atomic mass is 16.2. The fraction of sp³-hybridized carbons (Fsp3) is 0.636. The summed E-state index contributed by atoms with van der Waals surface area (Å²) in [5.74, 6) is 0.0773. The molecule has 0 heterocycles. The summed E-state index contributed by atoms with van der Waals surface area (Å²) >= 11 is 0. The smallest absolute Gasteiger partial charge is 0.223 e. The van der Waals surface area contributed by atoms with Gasteiger partial charge in [0.05, 0.1) is 0 Å². The van der Waals surface area contributed by atoms with Crippen molar-refractivity contribution in [3.05, 3.63) is 11.8 Å². The number of hydrogen-bond donors (Lipinski definition) is 0. The number of carbonyl (C=O) groups is 2. The molecule has 0 aromatic heterocycles. The van der Waals surface area contributed by atoms with Crippen LogP contribution in [-0.4, -0.2) is 23.6 Å². The lowest BCUT2D eigenvalue weighted by atomic mass is 9.99. The second-order valence-electron chi connectivity index (χ2n) is 3.62. The summed E-state index contributed by atoms with van der Waals surface area (Å²) in [6, 6.07) is 0. The van der Waals surface area contributed by atoms with Gasteiger partial charge in [-0.3, -0.25) is 9.59 Å². The molecule has 0 rings (SSSR count). The largest absolute Gasteiger partial charge is 0.322 e. The van der Waals surface area contributed by atoms with Crippen LogP contribution in [0.15, 0.2) is 11.8 Å². The van der Waals surface area contributed by atoms with Gasteiger partial charge in [-0.2, -0.15) is 0 Å². The zero-order valence-electron chi connectivity index (χ0n) is 9.63. The molecule has 0 bridgehead atoms. The van der Waals surface area contributed by atoms with Crippen LogP contribution in [0.4, 0.5) is 0 Å². The van der Waals surface area contributed by atoms with Crippen LogP contribution in [0.2, 0.25) is 0 Å². The number of allylic oxidation sites excluding steroid dienone is 1.